The highest BCUT2D eigenvalue weighted by molar-refractivity contribution is 5.86. The Balaban J connectivity index is 2.61. The van der Waals surface area contributed by atoms with Crippen LogP contribution >= 0.6 is 0 Å². The summed E-state index contributed by atoms with van der Waals surface area (Å²) in [6, 6.07) is -0.318. The van der Waals surface area contributed by atoms with Crippen LogP contribution in [0.3, 0.4) is 0 Å². The van der Waals surface area contributed by atoms with Gasteiger partial charge in [-0.2, -0.15) is 0 Å². The van der Waals surface area contributed by atoms with Gasteiger partial charge >= 0.3 is 5.97 Å². The molecule has 1 rings (SSSR count). The standard InChI is InChI=1S/C13H24N2O4/c1-5-19-12(16)8-15(9(2)3)13(17)11-6-10(18-4)7-14-11/h9-11,14H,5-8H2,1-4H3. The largest absolute Gasteiger partial charge is 0.465 e. The first-order valence-corrected chi connectivity index (χ1v) is 6.71. The van der Waals surface area contributed by atoms with Crippen LogP contribution in [0.5, 0.6) is 0 Å². The minimum Gasteiger partial charge on any atom is -0.465 e. The lowest BCUT2D eigenvalue weighted by atomic mass is 10.1. The number of carbonyl (C=O) groups excluding carboxylic acids is 2. The Morgan fingerprint density at radius 2 is 2.11 bits per heavy atom. The number of ether oxygens (including phenoxy) is 2. The summed E-state index contributed by atoms with van der Waals surface area (Å²) in [7, 11) is 1.64. The highest BCUT2D eigenvalue weighted by atomic mass is 16.5. The third-order valence-electron chi connectivity index (χ3n) is 3.23. The molecule has 0 aliphatic carbocycles. The fraction of sp³-hybridized carbons (Fsp3) is 0.846. The maximum Gasteiger partial charge on any atom is 0.325 e. The third-order valence-corrected chi connectivity index (χ3v) is 3.23. The van der Waals surface area contributed by atoms with Crippen molar-refractivity contribution in [2.45, 2.75) is 45.4 Å². The van der Waals surface area contributed by atoms with Crippen LogP contribution in [0.15, 0.2) is 0 Å². The lowest BCUT2D eigenvalue weighted by Gasteiger charge is -2.28. The predicted molar refractivity (Wildman–Crippen MR) is 70.7 cm³/mol. The van der Waals surface area contributed by atoms with E-state index in [0.29, 0.717) is 19.6 Å². The molecule has 2 atom stereocenters. The number of amides is 1. The Morgan fingerprint density at radius 1 is 1.42 bits per heavy atom. The topological polar surface area (TPSA) is 67.9 Å². The van der Waals surface area contributed by atoms with Crippen molar-refractivity contribution >= 4 is 11.9 Å². The Morgan fingerprint density at radius 3 is 2.58 bits per heavy atom. The number of nitrogens with one attached hydrogen (secondary N) is 1. The van der Waals surface area contributed by atoms with Gasteiger partial charge in [0.25, 0.3) is 0 Å². The molecule has 0 aromatic rings. The number of hydrogen-bond acceptors (Lipinski definition) is 5. The highest BCUT2D eigenvalue weighted by Crippen LogP contribution is 2.13. The lowest BCUT2D eigenvalue weighted by molar-refractivity contribution is -0.150. The summed E-state index contributed by atoms with van der Waals surface area (Å²) in [5.41, 5.74) is 0. The van der Waals surface area contributed by atoms with Gasteiger partial charge in [0.2, 0.25) is 5.91 Å². The van der Waals surface area contributed by atoms with Gasteiger partial charge in [-0.3, -0.25) is 9.59 Å². The smallest absolute Gasteiger partial charge is 0.325 e. The zero-order valence-electron chi connectivity index (χ0n) is 12.1. The lowest BCUT2D eigenvalue weighted by Crippen LogP contribution is -2.49. The van der Waals surface area contributed by atoms with Crippen molar-refractivity contribution in [3.8, 4) is 0 Å². The number of esters is 1. The third kappa shape index (κ3) is 4.47. The first-order valence-electron chi connectivity index (χ1n) is 6.71. The molecule has 1 heterocycles. The molecule has 1 fully saturated rings. The summed E-state index contributed by atoms with van der Waals surface area (Å²) in [5, 5.41) is 3.13. The molecule has 1 amide bonds. The first-order chi connectivity index (χ1) is 8.99. The van der Waals surface area contributed by atoms with Crippen LogP contribution in [0.4, 0.5) is 0 Å². The summed E-state index contributed by atoms with van der Waals surface area (Å²) in [6.07, 6.45) is 0.701. The number of nitrogens with zero attached hydrogens (tertiary/aromatic N) is 1. The van der Waals surface area contributed by atoms with Crippen LogP contribution in [0.2, 0.25) is 0 Å². The summed E-state index contributed by atoms with van der Waals surface area (Å²) < 4.78 is 10.1. The Bertz CT molecular complexity index is 320. The quantitative estimate of drug-likeness (QED) is 0.698. The zero-order valence-corrected chi connectivity index (χ0v) is 12.1. The normalized spacial score (nSPS) is 22.6. The van der Waals surface area contributed by atoms with E-state index in [0.717, 1.165) is 0 Å². The van der Waals surface area contributed by atoms with Gasteiger partial charge in [0.15, 0.2) is 0 Å². The Labute approximate surface area is 114 Å². The molecule has 110 valence electrons. The monoisotopic (exact) mass is 272 g/mol. The number of methoxy groups -OCH3 is 1. The minimum atomic E-state index is -0.370. The van der Waals surface area contributed by atoms with E-state index in [2.05, 4.69) is 5.32 Å². The number of rotatable bonds is 6. The summed E-state index contributed by atoms with van der Waals surface area (Å²) in [6.45, 7) is 6.52. The van der Waals surface area contributed by atoms with Gasteiger partial charge in [0, 0.05) is 19.7 Å². The van der Waals surface area contributed by atoms with E-state index in [1.807, 2.05) is 13.8 Å². The molecule has 0 spiro atoms. The van der Waals surface area contributed by atoms with E-state index in [1.54, 1.807) is 18.9 Å². The van der Waals surface area contributed by atoms with Gasteiger partial charge in [-0.1, -0.05) is 0 Å². The van der Waals surface area contributed by atoms with E-state index in [1.165, 1.54) is 0 Å². The molecule has 0 radical (unpaired) electrons. The fourth-order valence-electron chi connectivity index (χ4n) is 2.13. The molecular formula is C13H24N2O4. The van der Waals surface area contributed by atoms with Gasteiger partial charge in [-0.05, 0) is 27.2 Å². The molecule has 2 unspecified atom stereocenters. The van der Waals surface area contributed by atoms with Gasteiger partial charge in [-0.15, -0.1) is 0 Å². The van der Waals surface area contributed by atoms with E-state index < -0.39 is 0 Å². The van der Waals surface area contributed by atoms with Crippen LogP contribution in [-0.2, 0) is 19.1 Å². The summed E-state index contributed by atoms with van der Waals surface area (Å²) in [5.74, 6) is -0.437. The summed E-state index contributed by atoms with van der Waals surface area (Å²) in [4.78, 5) is 25.5. The number of carbonyl (C=O) groups is 2. The van der Waals surface area contributed by atoms with Crippen LogP contribution in [0.1, 0.15) is 27.2 Å². The fourth-order valence-corrected chi connectivity index (χ4v) is 2.13. The second-order valence-corrected chi connectivity index (χ2v) is 4.92. The molecule has 1 aliphatic heterocycles. The minimum absolute atomic E-state index is 0.000167. The van der Waals surface area contributed by atoms with Gasteiger partial charge in [-0.25, -0.2) is 0 Å². The maximum absolute atomic E-state index is 12.4. The van der Waals surface area contributed by atoms with E-state index in [-0.39, 0.29) is 36.6 Å². The van der Waals surface area contributed by atoms with Crippen molar-refractivity contribution in [1.29, 1.82) is 0 Å². The van der Waals surface area contributed by atoms with Crippen LogP contribution in [0, 0.1) is 0 Å². The zero-order chi connectivity index (χ0) is 14.4. The molecule has 6 nitrogen and oxygen atoms in total. The Kier molecular flexibility index (Phi) is 6.24. The van der Waals surface area contributed by atoms with E-state index in [4.69, 9.17) is 9.47 Å². The molecule has 0 aromatic heterocycles. The molecule has 1 N–H and O–H groups in total. The molecule has 0 bridgehead atoms. The van der Waals surface area contributed by atoms with Crippen molar-refractivity contribution in [3.63, 3.8) is 0 Å². The van der Waals surface area contributed by atoms with Gasteiger partial charge < -0.3 is 19.7 Å². The molecule has 1 aliphatic rings. The van der Waals surface area contributed by atoms with Crippen LogP contribution in [0.25, 0.3) is 0 Å². The number of hydrogen-bond donors (Lipinski definition) is 1. The second kappa shape index (κ2) is 7.45. The average molecular weight is 272 g/mol. The summed E-state index contributed by atoms with van der Waals surface area (Å²) >= 11 is 0. The second-order valence-electron chi connectivity index (χ2n) is 4.92. The molecule has 1 saturated heterocycles. The Hall–Kier alpha value is -1.14. The van der Waals surface area contributed by atoms with E-state index in [9.17, 15) is 9.59 Å². The van der Waals surface area contributed by atoms with Crippen molar-refractivity contribution < 1.29 is 19.1 Å². The predicted octanol–water partition coefficient (Wildman–Crippen LogP) is 0.163. The van der Waals surface area contributed by atoms with Crippen molar-refractivity contribution in [2.24, 2.45) is 0 Å². The van der Waals surface area contributed by atoms with Crippen LogP contribution < -0.4 is 5.32 Å². The molecular weight excluding hydrogens is 248 g/mol. The van der Waals surface area contributed by atoms with E-state index >= 15 is 0 Å². The van der Waals surface area contributed by atoms with Gasteiger partial charge in [0.1, 0.15) is 6.54 Å². The van der Waals surface area contributed by atoms with Crippen molar-refractivity contribution in [2.75, 3.05) is 26.8 Å². The first kappa shape index (κ1) is 15.9. The SMILES string of the molecule is CCOC(=O)CN(C(=O)C1CC(OC)CN1)C(C)C. The molecule has 19 heavy (non-hydrogen) atoms. The molecule has 0 saturated carbocycles. The van der Waals surface area contributed by atoms with Crippen molar-refractivity contribution in [1.82, 2.24) is 10.2 Å². The average Bonchev–Trinajstić information content (AvgIpc) is 2.84. The van der Waals surface area contributed by atoms with Crippen molar-refractivity contribution in [3.05, 3.63) is 0 Å². The van der Waals surface area contributed by atoms with Gasteiger partial charge in [0.05, 0.1) is 18.8 Å². The molecule has 0 aromatic carbocycles. The molecule has 6 heteroatoms. The van der Waals surface area contributed by atoms with Crippen LogP contribution in [-0.4, -0.2) is 61.8 Å². The maximum atomic E-state index is 12.4. The highest BCUT2D eigenvalue weighted by Gasteiger charge is 2.34.